The largest absolute Gasteiger partial charge is 0.382 e. The van der Waals surface area contributed by atoms with Crippen molar-refractivity contribution in [2.75, 3.05) is 5.73 Å². The number of aromatic nitrogens is 4. The Morgan fingerprint density at radius 3 is 2.16 bits per heavy atom. The summed E-state index contributed by atoms with van der Waals surface area (Å²) in [5, 5.41) is 4.24. The van der Waals surface area contributed by atoms with Gasteiger partial charge in [-0.15, -0.1) is 5.10 Å². The number of nitrogen functional groups attached to an aromatic ring is 1. The Morgan fingerprint density at radius 1 is 0.969 bits per heavy atom. The van der Waals surface area contributed by atoms with Crippen molar-refractivity contribution in [2.24, 2.45) is 0 Å². The minimum Gasteiger partial charge on any atom is -0.382 e. The Kier molecular flexibility index (Phi) is 4.67. The minimum absolute atomic E-state index is 0.163. The van der Waals surface area contributed by atoms with E-state index in [9.17, 15) is 8.42 Å². The van der Waals surface area contributed by atoms with Crippen molar-refractivity contribution in [3.8, 4) is 0 Å². The summed E-state index contributed by atoms with van der Waals surface area (Å²) in [5.41, 5.74) is 9.45. The van der Waals surface area contributed by atoms with Crippen LogP contribution >= 0.6 is 0 Å². The Balaban J connectivity index is 1.71. The Bertz CT molecular complexity index is 1370. The molecule has 0 saturated heterocycles. The van der Waals surface area contributed by atoms with Crippen LogP contribution in [-0.2, 0) is 21.9 Å². The van der Waals surface area contributed by atoms with Crippen LogP contribution in [0.2, 0.25) is 0 Å². The molecule has 0 atom stereocenters. The molecular weight excluding hydrogens is 422 g/mol. The van der Waals surface area contributed by atoms with Crippen molar-refractivity contribution in [3.63, 3.8) is 0 Å². The zero-order chi connectivity index (χ0) is 22.3. The molecule has 7 nitrogen and oxygen atoms in total. The predicted molar refractivity (Wildman–Crippen MR) is 122 cm³/mol. The number of nitrogens with two attached hydrogens (primary N) is 1. The molecule has 0 fully saturated rings. The van der Waals surface area contributed by atoms with Gasteiger partial charge in [-0.1, -0.05) is 42.0 Å². The fourth-order valence-electron chi connectivity index (χ4n) is 4.18. The normalized spacial score (nSPS) is 14.8. The Morgan fingerprint density at radius 2 is 1.59 bits per heavy atom. The highest BCUT2D eigenvalue weighted by molar-refractivity contribution is 7.89. The van der Waals surface area contributed by atoms with Crippen molar-refractivity contribution in [1.82, 2.24) is 19.2 Å². The molecule has 0 spiro atoms. The third kappa shape index (κ3) is 3.11. The Hall–Kier alpha value is -3.78. The van der Waals surface area contributed by atoms with Gasteiger partial charge < -0.3 is 5.73 Å². The molecule has 1 aromatic carbocycles. The van der Waals surface area contributed by atoms with Gasteiger partial charge >= 0.3 is 0 Å². The number of nitrogens with zero attached hydrogens (tertiary/aromatic N) is 4. The maximum atomic E-state index is 13.5. The van der Waals surface area contributed by atoms with Crippen LogP contribution in [0.5, 0.6) is 0 Å². The Labute approximate surface area is 186 Å². The molecule has 2 N–H and O–H groups in total. The van der Waals surface area contributed by atoms with E-state index in [0.717, 1.165) is 20.8 Å². The van der Waals surface area contributed by atoms with Crippen LogP contribution in [0, 0.1) is 6.92 Å². The highest BCUT2D eigenvalue weighted by atomic mass is 32.2. The molecule has 0 aliphatic heterocycles. The molecule has 5 rings (SSSR count). The number of allylic oxidation sites excluding steroid dienone is 1. The first-order valence-corrected chi connectivity index (χ1v) is 11.6. The van der Waals surface area contributed by atoms with Crippen molar-refractivity contribution >= 4 is 21.9 Å². The molecule has 32 heavy (non-hydrogen) atoms. The smallest absolute Gasteiger partial charge is 0.283 e. The van der Waals surface area contributed by atoms with Gasteiger partial charge in [0.1, 0.15) is 0 Å². The molecule has 3 heterocycles. The van der Waals surface area contributed by atoms with Gasteiger partial charge in [-0.05, 0) is 42.3 Å². The summed E-state index contributed by atoms with van der Waals surface area (Å²) in [6, 6.07) is 14.4. The summed E-state index contributed by atoms with van der Waals surface area (Å²) in [7, 11) is -3.93. The van der Waals surface area contributed by atoms with Gasteiger partial charge in [0.2, 0.25) is 0 Å². The summed E-state index contributed by atoms with van der Waals surface area (Å²) in [6.45, 7) is 1.91. The fraction of sp³-hybridized carbons (Fsp3) is 0.125. The second kappa shape index (κ2) is 7.42. The molecule has 1 aliphatic rings. The molecule has 0 saturated carbocycles. The van der Waals surface area contributed by atoms with Crippen LogP contribution in [0.3, 0.4) is 0 Å². The first-order chi connectivity index (χ1) is 15.4. The van der Waals surface area contributed by atoms with Gasteiger partial charge in [0.25, 0.3) is 10.0 Å². The first-order valence-electron chi connectivity index (χ1n) is 10.1. The summed E-state index contributed by atoms with van der Waals surface area (Å²) in [4.78, 5) is 8.76. The van der Waals surface area contributed by atoms with Crippen molar-refractivity contribution in [2.45, 2.75) is 23.7 Å². The number of hydrogen-bond donors (Lipinski definition) is 1. The molecule has 160 valence electrons. The maximum absolute atomic E-state index is 13.5. The zero-order valence-corrected chi connectivity index (χ0v) is 18.2. The van der Waals surface area contributed by atoms with Crippen molar-refractivity contribution < 1.29 is 8.42 Å². The SMILES string of the molecule is Cc1ccc(S(=O)(=O)n2nc(N)c3c2CC(c2cccnc2)(c2cccnc2)C=C3)cc1. The molecule has 0 amide bonds. The molecule has 8 heteroatoms. The van der Waals surface area contributed by atoms with Gasteiger partial charge in [-0.2, -0.15) is 12.5 Å². The lowest BCUT2D eigenvalue weighted by Gasteiger charge is -2.34. The van der Waals surface area contributed by atoms with E-state index >= 15 is 0 Å². The van der Waals surface area contributed by atoms with E-state index in [4.69, 9.17) is 5.73 Å². The number of aryl methyl sites for hydroxylation is 1. The minimum atomic E-state index is -3.93. The van der Waals surface area contributed by atoms with Crippen LogP contribution in [0.1, 0.15) is 27.9 Å². The highest BCUT2D eigenvalue weighted by Gasteiger charge is 2.39. The monoisotopic (exact) mass is 443 g/mol. The summed E-state index contributed by atoms with van der Waals surface area (Å²) in [5.74, 6) is 0.179. The lowest BCUT2D eigenvalue weighted by molar-refractivity contribution is 0.564. The van der Waals surface area contributed by atoms with Gasteiger partial charge in [0.15, 0.2) is 5.82 Å². The van der Waals surface area contributed by atoms with Gasteiger partial charge in [-0.3, -0.25) is 9.97 Å². The lowest BCUT2D eigenvalue weighted by atomic mass is 9.69. The van der Waals surface area contributed by atoms with E-state index in [1.807, 2.05) is 43.3 Å². The van der Waals surface area contributed by atoms with Crippen LogP contribution in [0.15, 0.2) is 84.3 Å². The van der Waals surface area contributed by atoms with Crippen LogP contribution in [-0.4, -0.2) is 27.6 Å². The predicted octanol–water partition coefficient (Wildman–Crippen LogP) is 3.36. The van der Waals surface area contributed by atoms with Crippen LogP contribution < -0.4 is 5.73 Å². The molecule has 0 unspecified atom stereocenters. The number of benzene rings is 1. The number of rotatable bonds is 4. The highest BCUT2D eigenvalue weighted by Crippen LogP contribution is 2.42. The number of hydrogen-bond acceptors (Lipinski definition) is 6. The number of anilines is 1. The van der Waals surface area contributed by atoms with Crippen LogP contribution in [0.25, 0.3) is 6.08 Å². The van der Waals surface area contributed by atoms with E-state index < -0.39 is 15.4 Å². The van der Waals surface area contributed by atoms with Gasteiger partial charge in [0, 0.05) is 42.2 Å². The van der Waals surface area contributed by atoms with Gasteiger partial charge in [0.05, 0.1) is 10.6 Å². The van der Waals surface area contributed by atoms with E-state index in [1.165, 1.54) is 0 Å². The van der Waals surface area contributed by atoms with Crippen molar-refractivity contribution in [1.29, 1.82) is 0 Å². The quantitative estimate of drug-likeness (QED) is 0.519. The third-order valence-corrected chi connectivity index (χ3v) is 7.52. The molecule has 1 aliphatic carbocycles. The lowest BCUT2D eigenvalue weighted by Crippen LogP contribution is -2.33. The van der Waals surface area contributed by atoms with E-state index in [2.05, 4.69) is 15.1 Å². The summed E-state index contributed by atoms with van der Waals surface area (Å²) < 4.78 is 28.1. The second-order valence-corrected chi connectivity index (χ2v) is 9.64. The first kappa shape index (κ1) is 20.1. The van der Waals surface area contributed by atoms with E-state index in [-0.39, 0.29) is 10.7 Å². The van der Waals surface area contributed by atoms with E-state index in [0.29, 0.717) is 17.7 Å². The molecule has 4 aromatic rings. The van der Waals surface area contributed by atoms with Gasteiger partial charge in [-0.25, -0.2) is 0 Å². The maximum Gasteiger partial charge on any atom is 0.283 e. The molecule has 0 radical (unpaired) electrons. The van der Waals surface area contributed by atoms with E-state index in [1.54, 1.807) is 49.1 Å². The van der Waals surface area contributed by atoms with Crippen LogP contribution in [0.4, 0.5) is 5.82 Å². The topological polar surface area (TPSA) is 104 Å². The third-order valence-electron chi connectivity index (χ3n) is 5.90. The summed E-state index contributed by atoms with van der Waals surface area (Å²) in [6.07, 6.45) is 11.2. The average Bonchev–Trinajstić information content (AvgIpc) is 3.17. The zero-order valence-electron chi connectivity index (χ0n) is 17.4. The second-order valence-electron chi connectivity index (χ2n) is 7.87. The molecular formula is C24H21N5O2S. The summed E-state index contributed by atoms with van der Waals surface area (Å²) >= 11 is 0. The average molecular weight is 444 g/mol. The van der Waals surface area contributed by atoms with Crippen molar-refractivity contribution in [3.05, 3.63) is 107 Å². The number of pyridine rings is 2. The molecule has 3 aromatic heterocycles. The number of fused-ring (bicyclic) bond motifs is 1. The fourth-order valence-corrected chi connectivity index (χ4v) is 5.51. The standard InChI is InChI=1S/C24H21N5O2S/c1-17-6-8-20(9-7-17)32(30,31)29-22-14-24(18-4-2-12-26-15-18,19-5-3-13-27-16-19)11-10-21(22)23(25)28-29/h2-13,15-16H,14H2,1H3,(H2,25,28). The molecule has 0 bridgehead atoms.